The molecule has 1 heterocycles. The van der Waals surface area contributed by atoms with Crippen LogP contribution in [0.15, 0.2) is 24.3 Å². The Balaban J connectivity index is 2.30. The van der Waals surface area contributed by atoms with Crippen LogP contribution in [0.5, 0.6) is 0 Å². The zero-order valence-corrected chi connectivity index (χ0v) is 13.2. The highest BCUT2D eigenvalue weighted by molar-refractivity contribution is 5.29. The molecule has 0 fully saturated rings. The first kappa shape index (κ1) is 14.8. The predicted molar refractivity (Wildman–Crippen MR) is 84.1 cm³/mol. The lowest BCUT2D eigenvalue weighted by Gasteiger charge is -2.19. The second kappa shape index (κ2) is 6.23. The molecule has 1 atom stereocenters. The summed E-state index contributed by atoms with van der Waals surface area (Å²) in [6.45, 7) is 9.50. The lowest BCUT2D eigenvalue weighted by Crippen LogP contribution is -2.24. The summed E-state index contributed by atoms with van der Waals surface area (Å²) >= 11 is 0. The molecular weight excluding hydrogens is 246 g/mol. The average molecular weight is 271 g/mol. The molecule has 0 aliphatic heterocycles. The first-order valence-electron chi connectivity index (χ1n) is 7.34. The molecule has 0 aliphatic rings. The molecule has 1 unspecified atom stereocenters. The molecule has 0 saturated carbocycles. The molecule has 0 amide bonds. The van der Waals surface area contributed by atoms with Gasteiger partial charge in [0.05, 0.1) is 18.3 Å². The van der Waals surface area contributed by atoms with E-state index in [1.165, 1.54) is 22.4 Å². The van der Waals surface area contributed by atoms with Crippen molar-refractivity contribution in [2.45, 2.75) is 46.7 Å². The van der Waals surface area contributed by atoms with Gasteiger partial charge in [-0.1, -0.05) is 31.2 Å². The van der Waals surface area contributed by atoms with E-state index in [2.05, 4.69) is 62.0 Å². The molecule has 0 spiro atoms. The summed E-state index contributed by atoms with van der Waals surface area (Å²) in [4.78, 5) is 0. The van der Waals surface area contributed by atoms with Gasteiger partial charge in [-0.2, -0.15) is 5.10 Å². The summed E-state index contributed by atoms with van der Waals surface area (Å²) in [5.41, 5.74) is 6.50. The van der Waals surface area contributed by atoms with Crippen molar-refractivity contribution in [2.75, 3.05) is 7.05 Å². The van der Waals surface area contributed by atoms with Crippen molar-refractivity contribution in [3.05, 3.63) is 52.3 Å². The maximum atomic E-state index is 4.70. The van der Waals surface area contributed by atoms with Crippen LogP contribution in [0.1, 0.15) is 41.0 Å². The van der Waals surface area contributed by atoms with Crippen molar-refractivity contribution in [3.63, 3.8) is 0 Å². The van der Waals surface area contributed by atoms with E-state index in [9.17, 15) is 0 Å². The van der Waals surface area contributed by atoms with Crippen molar-refractivity contribution >= 4 is 0 Å². The summed E-state index contributed by atoms with van der Waals surface area (Å²) < 4.78 is 2.14. The van der Waals surface area contributed by atoms with E-state index in [1.54, 1.807) is 0 Å². The average Bonchev–Trinajstić information content (AvgIpc) is 2.71. The number of nitrogens with zero attached hydrogens (tertiary/aromatic N) is 2. The maximum Gasteiger partial charge on any atom is 0.0628 e. The van der Waals surface area contributed by atoms with E-state index >= 15 is 0 Å². The molecule has 108 valence electrons. The Kier molecular flexibility index (Phi) is 4.61. The molecule has 1 aromatic heterocycles. The fourth-order valence-electron chi connectivity index (χ4n) is 2.92. The zero-order chi connectivity index (χ0) is 14.7. The zero-order valence-electron chi connectivity index (χ0n) is 13.2. The van der Waals surface area contributed by atoms with E-state index in [0.717, 1.165) is 18.7 Å². The number of likely N-dealkylation sites (N-methyl/N-ethyl adjacent to an activating group) is 1. The third-order valence-corrected chi connectivity index (χ3v) is 4.15. The third kappa shape index (κ3) is 2.78. The maximum absolute atomic E-state index is 4.70. The summed E-state index contributed by atoms with van der Waals surface area (Å²) in [5, 5.41) is 8.12. The van der Waals surface area contributed by atoms with Gasteiger partial charge in [-0.3, -0.25) is 4.68 Å². The molecule has 1 aromatic carbocycles. The lowest BCUT2D eigenvalue weighted by molar-refractivity contribution is 0.458. The van der Waals surface area contributed by atoms with E-state index in [4.69, 9.17) is 5.10 Å². The van der Waals surface area contributed by atoms with Crippen molar-refractivity contribution in [1.82, 2.24) is 15.1 Å². The number of hydrogen-bond acceptors (Lipinski definition) is 2. The second-order valence-corrected chi connectivity index (χ2v) is 5.38. The molecule has 0 radical (unpaired) electrons. The van der Waals surface area contributed by atoms with Crippen LogP contribution in [0.25, 0.3) is 0 Å². The Bertz CT molecular complexity index is 584. The minimum absolute atomic E-state index is 0.291. The van der Waals surface area contributed by atoms with Crippen LogP contribution in [-0.2, 0) is 13.0 Å². The lowest BCUT2D eigenvalue weighted by atomic mass is 10.0. The number of rotatable bonds is 5. The normalized spacial score (nSPS) is 12.7. The molecule has 0 aliphatic carbocycles. The molecule has 0 bridgehead atoms. The third-order valence-electron chi connectivity index (χ3n) is 4.15. The van der Waals surface area contributed by atoms with E-state index in [-0.39, 0.29) is 0 Å². The Morgan fingerprint density at radius 1 is 1.20 bits per heavy atom. The molecule has 3 nitrogen and oxygen atoms in total. The van der Waals surface area contributed by atoms with Gasteiger partial charge < -0.3 is 5.32 Å². The minimum atomic E-state index is 0.291. The quantitative estimate of drug-likeness (QED) is 0.904. The summed E-state index contributed by atoms with van der Waals surface area (Å²) in [5.74, 6) is 0. The van der Waals surface area contributed by atoms with Crippen molar-refractivity contribution in [3.8, 4) is 0 Å². The van der Waals surface area contributed by atoms with Crippen LogP contribution in [0.3, 0.4) is 0 Å². The largest absolute Gasteiger partial charge is 0.311 e. The summed E-state index contributed by atoms with van der Waals surface area (Å²) in [6.07, 6.45) is 1.05. The second-order valence-electron chi connectivity index (χ2n) is 5.38. The minimum Gasteiger partial charge on any atom is -0.311 e. The van der Waals surface area contributed by atoms with Gasteiger partial charge in [0, 0.05) is 5.69 Å². The van der Waals surface area contributed by atoms with Crippen LogP contribution >= 0.6 is 0 Å². The molecule has 2 rings (SSSR count). The van der Waals surface area contributed by atoms with Gasteiger partial charge >= 0.3 is 0 Å². The standard InChI is InChI=1S/C17H25N3/c1-6-15-13(3)19-20(14(15)4)11-17(18-5)16-10-8-7-9-12(16)2/h7-10,17-18H,6,11H2,1-5H3. The Morgan fingerprint density at radius 2 is 1.90 bits per heavy atom. The number of hydrogen-bond donors (Lipinski definition) is 1. The number of nitrogens with one attached hydrogen (secondary N) is 1. The van der Waals surface area contributed by atoms with Crippen LogP contribution in [0.2, 0.25) is 0 Å². The molecule has 3 heteroatoms. The van der Waals surface area contributed by atoms with Crippen LogP contribution in [0, 0.1) is 20.8 Å². The smallest absolute Gasteiger partial charge is 0.0628 e. The SMILES string of the molecule is CCc1c(C)nn(CC(NC)c2ccccc2C)c1C. The van der Waals surface area contributed by atoms with Gasteiger partial charge in [-0.15, -0.1) is 0 Å². The molecule has 2 aromatic rings. The van der Waals surface area contributed by atoms with Gasteiger partial charge in [0.15, 0.2) is 0 Å². The molecule has 20 heavy (non-hydrogen) atoms. The fourth-order valence-corrected chi connectivity index (χ4v) is 2.92. The number of benzene rings is 1. The summed E-state index contributed by atoms with van der Waals surface area (Å²) in [6, 6.07) is 8.84. The van der Waals surface area contributed by atoms with Crippen LogP contribution in [-0.4, -0.2) is 16.8 Å². The molecule has 1 N–H and O–H groups in total. The highest BCUT2D eigenvalue weighted by atomic mass is 15.3. The van der Waals surface area contributed by atoms with Gasteiger partial charge in [-0.25, -0.2) is 0 Å². The fraction of sp³-hybridized carbons (Fsp3) is 0.471. The van der Waals surface area contributed by atoms with E-state index in [0.29, 0.717) is 6.04 Å². The first-order chi connectivity index (χ1) is 9.58. The predicted octanol–water partition coefficient (Wildman–Crippen LogP) is 3.33. The van der Waals surface area contributed by atoms with Gasteiger partial charge in [0.25, 0.3) is 0 Å². The Morgan fingerprint density at radius 3 is 2.45 bits per heavy atom. The van der Waals surface area contributed by atoms with Crippen LogP contribution in [0.4, 0.5) is 0 Å². The molecule has 0 saturated heterocycles. The number of aromatic nitrogens is 2. The van der Waals surface area contributed by atoms with E-state index < -0.39 is 0 Å². The van der Waals surface area contributed by atoms with Crippen LogP contribution < -0.4 is 5.32 Å². The highest BCUT2D eigenvalue weighted by Crippen LogP contribution is 2.21. The van der Waals surface area contributed by atoms with Crippen molar-refractivity contribution < 1.29 is 0 Å². The van der Waals surface area contributed by atoms with Gasteiger partial charge in [-0.05, 0) is 50.9 Å². The highest BCUT2D eigenvalue weighted by Gasteiger charge is 2.16. The van der Waals surface area contributed by atoms with Crippen molar-refractivity contribution in [1.29, 1.82) is 0 Å². The molecular formula is C17H25N3. The summed E-state index contributed by atoms with van der Waals surface area (Å²) in [7, 11) is 2.02. The van der Waals surface area contributed by atoms with Crippen molar-refractivity contribution in [2.24, 2.45) is 0 Å². The number of aryl methyl sites for hydroxylation is 2. The first-order valence-corrected chi connectivity index (χ1v) is 7.34. The Hall–Kier alpha value is -1.61. The van der Waals surface area contributed by atoms with Gasteiger partial charge in [0.1, 0.15) is 0 Å². The Labute approximate surface area is 122 Å². The van der Waals surface area contributed by atoms with Gasteiger partial charge in [0.2, 0.25) is 0 Å². The topological polar surface area (TPSA) is 29.9 Å². The monoisotopic (exact) mass is 271 g/mol. The van der Waals surface area contributed by atoms with E-state index in [1.807, 2.05) is 7.05 Å².